The second-order valence-electron chi connectivity index (χ2n) is 9.07. The average Bonchev–Trinajstić information content (AvgIpc) is 2.81. The molecule has 9 N–H and O–H groups in total. The lowest BCUT2D eigenvalue weighted by atomic mass is 9.99. The van der Waals surface area contributed by atoms with Crippen LogP contribution in [0, 0.1) is 0 Å². The molecule has 0 aromatic rings. The van der Waals surface area contributed by atoms with Gasteiger partial charge >= 0.3 is 5.97 Å². The molecule has 0 saturated heterocycles. The molecule has 9 nitrogen and oxygen atoms in total. The van der Waals surface area contributed by atoms with Crippen LogP contribution in [-0.4, -0.2) is 67.4 Å². The summed E-state index contributed by atoms with van der Waals surface area (Å²) in [5.74, 6) is -0.363. The zero-order chi connectivity index (χ0) is 25.4. The maximum absolute atomic E-state index is 12.7. The van der Waals surface area contributed by atoms with Gasteiger partial charge in [0.25, 0.3) is 0 Å². The zero-order valence-electron chi connectivity index (χ0n) is 21.2. The number of carboxylic acids is 1. The molecule has 9 heteroatoms. The Bertz CT molecular complexity index is 523. The van der Waals surface area contributed by atoms with Gasteiger partial charge in [-0.2, -0.15) is 0 Å². The van der Waals surface area contributed by atoms with Crippen molar-refractivity contribution in [3.05, 3.63) is 0 Å². The summed E-state index contributed by atoms with van der Waals surface area (Å²) in [4.78, 5) is 35.9. The number of carbonyl (C=O) groups is 3. The van der Waals surface area contributed by atoms with Crippen LogP contribution in [0.1, 0.15) is 96.3 Å². The molecule has 0 heterocycles. The molecule has 0 bridgehead atoms. The number of aliphatic carboxylic acids is 1. The molecule has 0 aromatic carbocycles. The van der Waals surface area contributed by atoms with Gasteiger partial charge in [0.2, 0.25) is 0 Å². The highest BCUT2D eigenvalue weighted by Crippen LogP contribution is 2.11. The minimum absolute atomic E-state index is 0.127. The lowest BCUT2D eigenvalue weighted by molar-refractivity contribution is -0.137. The molecule has 0 radical (unpaired) electrons. The smallest absolute Gasteiger partial charge is 0.303 e. The lowest BCUT2D eigenvalue weighted by Crippen LogP contribution is -2.38. The van der Waals surface area contributed by atoms with E-state index in [4.69, 9.17) is 22.3 Å². The van der Waals surface area contributed by atoms with Crippen LogP contribution in [0.2, 0.25) is 0 Å². The second-order valence-corrected chi connectivity index (χ2v) is 9.07. The zero-order valence-corrected chi connectivity index (χ0v) is 21.2. The standard InChI is InChI=1S/C25H51N5O4/c26-16-7-4-11-21(23(31)13-2-1-3-15-25(33)34)29-19-9-6-14-24(32)22(12-5-8-17-27)30-20-10-18-28/h21-22,29-30H,1-20,26-28H2,(H,33,34). The van der Waals surface area contributed by atoms with Gasteiger partial charge < -0.3 is 32.9 Å². The van der Waals surface area contributed by atoms with E-state index in [0.29, 0.717) is 45.4 Å². The molecule has 0 saturated carbocycles. The van der Waals surface area contributed by atoms with Crippen molar-refractivity contribution in [2.45, 2.75) is 108 Å². The highest BCUT2D eigenvalue weighted by atomic mass is 16.4. The highest BCUT2D eigenvalue weighted by Gasteiger charge is 2.18. The third-order valence-electron chi connectivity index (χ3n) is 6.00. The molecular formula is C25H51N5O4. The van der Waals surface area contributed by atoms with E-state index in [1.165, 1.54) is 0 Å². The third kappa shape index (κ3) is 19.0. The fourth-order valence-corrected chi connectivity index (χ4v) is 3.92. The number of rotatable bonds is 26. The molecule has 0 aromatic heterocycles. The molecule has 0 amide bonds. The number of carboxylic acid groups (broad SMARTS) is 1. The molecule has 2 unspecified atom stereocenters. The number of Topliss-reactive ketones (excluding diaryl/α,β-unsaturated/α-hetero) is 2. The van der Waals surface area contributed by atoms with Crippen molar-refractivity contribution in [2.75, 3.05) is 32.7 Å². The molecule has 0 rings (SSSR count). The Kier molecular flexibility index (Phi) is 22.4. The Morgan fingerprint density at radius 1 is 0.559 bits per heavy atom. The van der Waals surface area contributed by atoms with Crippen LogP contribution in [0.25, 0.3) is 0 Å². The number of unbranched alkanes of at least 4 members (excludes halogenated alkanes) is 5. The summed E-state index contributed by atoms with van der Waals surface area (Å²) in [5.41, 5.74) is 16.7. The molecule has 34 heavy (non-hydrogen) atoms. The van der Waals surface area contributed by atoms with Crippen LogP contribution in [0.3, 0.4) is 0 Å². The molecule has 0 aliphatic rings. The van der Waals surface area contributed by atoms with Crippen LogP contribution in [0.15, 0.2) is 0 Å². The van der Waals surface area contributed by atoms with E-state index in [9.17, 15) is 14.4 Å². The molecule has 2 atom stereocenters. The van der Waals surface area contributed by atoms with E-state index in [1.54, 1.807) is 0 Å². The quantitative estimate of drug-likeness (QED) is 0.0999. The third-order valence-corrected chi connectivity index (χ3v) is 6.00. The van der Waals surface area contributed by atoms with Crippen LogP contribution in [0.4, 0.5) is 0 Å². The number of nitrogens with one attached hydrogen (secondary N) is 2. The van der Waals surface area contributed by atoms with Crippen molar-refractivity contribution in [3.8, 4) is 0 Å². The van der Waals surface area contributed by atoms with Gasteiger partial charge in [-0.05, 0) is 90.5 Å². The topological polar surface area (TPSA) is 174 Å². The monoisotopic (exact) mass is 485 g/mol. The van der Waals surface area contributed by atoms with Crippen LogP contribution in [0.5, 0.6) is 0 Å². The number of hydrogen-bond acceptors (Lipinski definition) is 8. The van der Waals surface area contributed by atoms with E-state index >= 15 is 0 Å². The van der Waals surface area contributed by atoms with E-state index in [2.05, 4.69) is 10.6 Å². The van der Waals surface area contributed by atoms with Crippen molar-refractivity contribution in [1.29, 1.82) is 0 Å². The molecule has 0 spiro atoms. The van der Waals surface area contributed by atoms with Crippen molar-refractivity contribution in [3.63, 3.8) is 0 Å². The fourth-order valence-electron chi connectivity index (χ4n) is 3.92. The first-order valence-electron chi connectivity index (χ1n) is 13.3. The Morgan fingerprint density at radius 3 is 1.47 bits per heavy atom. The van der Waals surface area contributed by atoms with Crippen molar-refractivity contribution < 1.29 is 19.5 Å². The SMILES string of the molecule is NCCCCC(NCCCN)C(=O)CCCCNC(CCCCN)C(=O)CCCCCC(=O)O. The average molecular weight is 486 g/mol. The number of ketones is 2. The summed E-state index contributed by atoms with van der Waals surface area (Å²) in [6.45, 7) is 3.31. The lowest BCUT2D eigenvalue weighted by Gasteiger charge is -2.19. The van der Waals surface area contributed by atoms with Gasteiger partial charge in [0.1, 0.15) is 11.6 Å². The van der Waals surface area contributed by atoms with E-state index in [1.807, 2.05) is 0 Å². The summed E-state index contributed by atoms with van der Waals surface area (Å²) in [5, 5.41) is 15.4. The predicted molar refractivity (Wildman–Crippen MR) is 138 cm³/mol. The predicted octanol–water partition coefficient (Wildman–Crippen LogP) is 1.85. The number of carbonyl (C=O) groups excluding carboxylic acids is 2. The normalized spacial score (nSPS) is 13.0. The van der Waals surface area contributed by atoms with Crippen molar-refractivity contribution >= 4 is 17.5 Å². The van der Waals surface area contributed by atoms with E-state index in [0.717, 1.165) is 77.2 Å². The Morgan fingerprint density at radius 2 is 1.00 bits per heavy atom. The highest BCUT2D eigenvalue weighted by molar-refractivity contribution is 5.84. The Balaban J connectivity index is 4.36. The first kappa shape index (κ1) is 32.6. The number of nitrogens with two attached hydrogens (primary N) is 3. The summed E-state index contributed by atoms with van der Waals surface area (Å²) >= 11 is 0. The van der Waals surface area contributed by atoms with Gasteiger partial charge in [-0.1, -0.05) is 19.3 Å². The summed E-state index contributed by atoms with van der Waals surface area (Å²) in [6.07, 6.45) is 10.9. The van der Waals surface area contributed by atoms with Gasteiger partial charge in [-0.3, -0.25) is 14.4 Å². The minimum atomic E-state index is -0.792. The van der Waals surface area contributed by atoms with Gasteiger partial charge in [-0.25, -0.2) is 0 Å². The number of hydrogen-bond donors (Lipinski definition) is 6. The van der Waals surface area contributed by atoms with Gasteiger partial charge in [0.15, 0.2) is 0 Å². The largest absolute Gasteiger partial charge is 0.481 e. The Hall–Kier alpha value is -1.39. The minimum Gasteiger partial charge on any atom is -0.481 e. The molecular weight excluding hydrogens is 434 g/mol. The van der Waals surface area contributed by atoms with E-state index < -0.39 is 5.97 Å². The molecule has 0 aliphatic carbocycles. The maximum Gasteiger partial charge on any atom is 0.303 e. The fraction of sp³-hybridized carbons (Fsp3) is 0.880. The first-order valence-corrected chi connectivity index (χ1v) is 13.3. The Labute approximate surface area is 206 Å². The molecule has 0 fully saturated rings. The van der Waals surface area contributed by atoms with E-state index in [-0.39, 0.29) is 30.1 Å². The molecule has 0 aliphatic heterocycles. The van der Waals surface area contributed by atoms with Crippen LogP contribution in [-0.2, 0) is 14.4 Å². The van der Waals surface area contributed by atoms with Crippen LogP contribution >= 0.6 is 0 Å². The second kappa shape index (κ2) is 23.4. The van der Waals surface area contributed by atoms with Gasteiger partial charge in [0.05, 0.1) is 12.1 Å². The summed E-state index contributed by atoms with van der Waals surface area (Å²) in [7, 11) is 0. The van der Waals surface area contributed by atoms with Gasteiger partial charge in [-0.15, -0.1) is 0 Å². The van der Waals surface area contributed by atoms with Crippen LogP contribution < -0.4 is 27.8 Å². The summed E-state index contributed by atoms with van der Waals surface area (Å²) < 4.78 is 0. The maximum atomic E-state index is 12.7. The van der Waals surface area contributed by atoms with Crippen molar-refractivity contribution in [1.82, 2.24) is 10.6 Å². The first-order chi connectivity index (χ1) is 16.5. The molecule has 200 valence electrons. The summed E-state index contributed by atoms with van der Waals surface area (Å²) in [6, 6.07) is -0.318. The van der Waals surface area contributed by atoms with Gasteiger partial charge in [0, 0.05) is 19.3 Å². The van der Waals surface area contributed by atoms with Crippen molar-refractivity contribution in [2.24, 2.45) is 17.2 Å².